The molecule has 1 aromatic carbocycles. The van der Waals surface area contributed by atoms with E-state index in [-0.39, 0.29) is 5.82 Å². The molecule has 1 saturated carbocycles. The van der Waals surface area contributed by atoms with Gasteiger partial charge in [0.2, 0.25) is 5.91 Å². The molecule has 1 saturated heterocycles. The third kappa shape index (κ3) is 4.56. The van der Waals surface area contributed by atoms with E-state index in [0.717, 1.165) is 50.8 Å². The second kappa shape index (κ2) is 8.11. The molecule has 0 N–H and O–H groups in total. The van der Waals surface area contributed by atoms with Crippen molar-refractivity contribution in [3.05, 3.63) is 35.6 Å². The van der Waals surface area contributed by atoms with Crippen molar-refractivity contribution in [2.45, 2.75) is 51.0 Å². The normalized spacial score (nSPS) is 27.4. The zero-order valence-electron chi connectivity index (χ0n) is 14.5. The van der Waals surface area contributed by atoms with Crippen LogP contribution in [0.5, 0.6) is 0 Å². The highest BCUT2D eigenvalue weighted by atomic mass is 19.1. The van der Waals surface area contributed by atoms with Gasteiger partial charge in [-0.3, -0.25) is 4.79 Å². The van der Waals surface area contributed by atoms with Crippen LogP contribution in [0.25, 0.3) is 0 Å². The summed E-state index contributed by atoms with van der Waals surface area (Å²) in [5.41, 5.74) is 1.16. The van der Waals surface area contributed by atoms with Crippen LogP contribution in [0, 0.1) is 17.7 Å². The molecule has 1 aromatic rings. The van der Waals surface area contributed by atoms with Crippen LogP contribution >= 0.6 is 0 Å². The average Bonchev–Trinajstić information content (AvgIpc) is 3.06. The van der Waals surface area contributed by atoms with E-state index < -0.39 is 0 Å². The second-order valence-corrected chi connectivity index (χ2v) is 7.42. The molecule has 3 atom stereocenters. The lowest BCUT2D eigenvalue weighted by atomic mass is 9.85. The van der Waals surface area contributed by atoms with Gasteiger partial charge in [-0.1, -0.05) is 18.6 Å². The van der Waals surface area contributed by atoms with E-state index in [2.05, 4.69) is 0 Å². The highest BCUT2D eigenvalue weighted by Crippen LogP contribution is 2.30. The Bertz CT molecular complexity index is 545. The molecule has 1 heterocycles. The molecule has 0 spiro atoms. The Labute approximate surface area is 144 Å². The van der Waals surface area contributed by atoms with Crippen LogP contribution in [0.4, 0.5) is 4.39 Å². The highest BCUT2D eigenvalue weighted by Gasteiger charge is 2.29. The Morgan fingerprint density at radius 1 is 1.21 bits per heavy atom. The lowest BCUT2D eigenvalue weighted by molar-refractivity contribution is -0.131. The monoisotopic (exact) mass is 333 g/mol. The van der Waals surface area contributed by atoms with Crippen molar-refractivity contribution in [3.8, 4) is 0 Å². The molecule has 2 fully saturated rings. The van der Waals surface area contributed by atoms with Gasteiger partial charge in [0.1, 0.15) is 5.82 Å². The molecular weight excluding hydrogens is 305 g/mol. The summed E-state index contributed by atoms with van der Waals surface area (Å²) in [7, 11) is 1.77. The fourth-order valence-electron chi connectivity index (χ4n) is 4.20. The van der Waals surface area contributed by atoms with Crippen LogP contribution in [0.2, 0.25) is 0 Å². The molecule has 2 aliphatic rings. The summed E-state index contributed by atoms with van der Waals surface area (Å²) in [6, 6.07) is 6.74. The number of methoxy groups -OCH3 is 1. The highest BCUT2D eigenvalue weighted by molar-refractivity contribution is 5.76. The molecule has 1 aliphatic carbocycles. The summed E-state index contributed by atoms with van der Waals surface area (Å²) in [5.74, 6) is 1.09. The summed E-state index contributed by atoms with van der Waals surface area (Å²) in [6.07, 6.45) is 7.46. The predicted octanol–water partition coefficient (Wildman–Crippen LogP) is 3.81. The van der Waals surface area contributed by atoms with E-state index in [4.69, 9.17) is 4.74 Å². The topological polar surface area (TPSA) is 29.5 Å². The number of amides is 1. The summed E-state index contributed by atoms with van der Waals surface area (Å²) < 4.78 is 18.5. The third-order valence-corrected chi connectivity index (χ3v) is 5.61. The molecule has 132 valence electrons. The van der Waals surface area contributed by atoms with Crippen molar-refractivity contribution < 1.29 is 13.9 Å². The van der Waals surface area contributed by atoms with Gasteiger partial charge in [0.05, 0.1) is 6.10 Å². The van der Waals surface area contributed by atoms with Crippen molar-refractivity contribution in [1.82, 2.24) is 4.90 Å². The number of ether oxygens (including phenoxy) is 1. The van der Waals surface area contributed by atoms with Gasteiger partial charge in [-0.15, -0.1) is 0 Å². The first-order valence-corrected chi connectivity index (χ1v) is 9.19. The van der Waals surface area contributed by atoms with E-state index in [0.29, 0.717) is 30.3 Å². The SMILES string of the molecule is CO[C@@H]1CCC[C@H](CC(=O)N2CC[C@H](Cc3ccc(F)cc3)C2)C1. The minimum absolute atomic E-state index is 0.191. The van der Waals surface area contributed by atoms with Crippen LogP contribution < -0.4 is 0 Å². The standard InChI is InChI=1S/C20H28FNO2/c1-24-19-4-2-3-16(12-19)13-20(23)22-10-9-17(14-22)11-15-5-7-18(21)8-6-15/h5-8,16-17,19H,2-4,9-14H2,1H3/t16-,17+,19+/m0/s1. The van der Waals surface area contributed by atoms with Gasteiger partial charge < -0.3 is 9.64 Å². The molecule has 4 heteroatoms. The maximum atomic E-state index is 13.0. The number of benzene rings is 1. The molecule has 0 radical (unpaired) electrons. The zero-order valence-corrected chi connectivity index (χ0v) is 14.5. The zero-order chi connectivity index (χ0) is 16.9. The van der Waals surface area contributed by atoms with Gasteiger partial charge in [-0.25, -0.2) is 4.39 Å². The van der Waals surface area contributed by atoms with Crippen LogP contribution in [-0.2, 0) is 16.0 Å². The minimum atomic E-state index is -0.191. The van der Waals surface area contributed by atoms with Crippen molar-refractivity contribution in [2.75, 3.05) is 20.2 Å². The Kier molecular flexibility index (Phi) is 5.88. The van der Waals surface area contributed by atoms with E-state index in [1.165, 1.54) is 18.6 Å². The molecule has 24 heavy (non-hydrogen) atoms. The maximum Gasteiger partial charge on any atom is 0.222 e. The van der Waals surface area contributed by atoms with Gasteiger partial charge in [0.15, 0.2) is 0 Å². The summed E-state index contributed by atoms with van der Waals surface area (Å²) >= 11 is 0. The van der Waals surface area contributed by atoms with Gasteiger partial charge in [-0.05, 0) is 61.6 Å². The van der Waals surface area contributed by atoms with Crippen LogP contribution in [0.15, 0.2) is 24.3 Å². The smallest absolute Gasteiger partial charge is 0.222 e. The predicted molar refractivity (Wildman–Crippen MR) is 92.2 cm³/mol. The summed E-state index contributed by atoms with van der Waals surface area (Å²) in [5, 5.41) is 0. The molecule has 1 aliphatic heterocycles. The molecule has 1 amide bonds. The molecule has 0 unspecified atom stereocenters. The number of nitrogens with zero attached hydrogens (tertiary/aromatic N) is 1. The Morgan fingerprint density at radius 2 is 2.00 bits per heavy atom. The summed E-state index contributed by atoms with van der Waals surface area (Å²) in [4.78, 5) is 14.6. The first-order valence-electron chi connectivity index (χ1n) is 9.19. The van der Waals surface area contributed by atoms with Crippen LogP contribution in [0.1, 0.15) is 44.1 Å². The Hall–Kier alpha value is -1.42. The number of carbonyl (C=O) groups is 1. The van der Waals surface area contributed by atoms with Crippen molar-refractivity contribution >= 4 is 5.91 Å². The number of rotatable bonds is 5. The van der Waals surface area contributed by atoms with E-state index in [1.54, 1.807) is 7.11 Å². The first-order chi connectivity index (χ1) is 11.6. The van der Waals surface area contributed by atoms with Crippen molar-refractivity contribution in [2.24, 2.45) is 11.8 Å². The number of halogens is 1. The van der Waals surface area contributed by atoms with Gasteiger partial charge in [0, 0.05) is 26.6 Å². The molecule has 3 nitrogen and oxygen atoms in total. The maximum absolute atomic E-state index is 13.0. The quantitative estimate of drug-likeness (QED) is 0.820. The largest absolute Gasteiger partial charge is 0.381 e. The van der Waals surface area contributed by atoms with E-state index in [9.17, 15) is 9.18 Å². The lowest BCUT2D eigenvalue weighted by Crippen LogP contribution is -2.32. The minimum Gasteiger partial charge on any atom is -0.381 e. The molecule has 3 rings (SSSR count). The Balaban J connectivity index is 1.46. The lowest BCUT2D eigenvalue weighted by Gasteiger charge is -2.29. The van der Waals surface area contributed by atoms with Crippen LogP contribution in [0.3, 0.4) is 0 Å². The molecule has 0 bridgehead atoms. The summed E-state index contributed by atoms with van der Waals surface area (Å²) in [6.45, 7) is 1.71. The number of hydrogen-bond donors (Lipinski definition) is 0. The molecular formula is C20H28FNO2. The van der Waals surface area contributed by atoms with Crippen molar-refractivity contribution in [3.63, 3.8) is 0 Å². The van der Waals surface area contributed by atoms with Gasteiger partial charge >= 0.3 is 0 Å². The van der Waals surface area contributed by atoms with Crippen LogP contribution in [-0.4, -0.2) is 37.1 Å². The fourth-order valence-corrected chi connectivity index (χ4v) is 4.20. The van der Waals surface area contributed by atoms with E-state index >= 15 is 0 Å². The number of carbonyl (C=O) groups excluding carboxylic acids is 1. The third-order valence-electron chi connectivity index (χ3n) is 5.61. The first kappa shape index (κ1) is 17.4. The van der Waals surface area contributed by atoms with Gasteiger partial charge in [0.25, 0.3) is 0 Å². The second-order valence-electron chi connectivity index (χ2n) is 7.42. The fraction of sp³-hybridized carbons (Fsp3) is 0.650. The number of likely N-dealkylation sites (tertiary alicyclic amines) is 1. The number of hydrogen-bond acceptors (Lipinski definition) is 2. The van der Waals surface area contributed by atoms with E-state index in [1.807, 2.05) is 17.0 Å². The Morgan fingerprint density at radius 3 is 2.75 bits per heavy atom. The average molecular weight is 333 g/mol. The van der Waals surface area contributed by atoms with Gasteiger partial charge in [-0.2, -0.15) is 0 Å². The van der Waals surface area contributed by atoms with Crippen molar-refractivity contribution in [1.29, 1.82) is 0 Å². The molecule has 0 aromatic heterocycles.